The average molecular weight is 421 g/mol. The zero-order valence-corrected chi connectivity index (χ0v) is 16.5. The van der Waals surface area contributed by atoms with Crippen molar-refractivity contribution in [3.8, 4) is 5.69 Å². The number of para-hydroxylation sites is 1. The first-order chi connectivity index (χ1) is 13.3. The quantitative estimate of drug-likeness (QED) is 0.452. The lowest BCUT2D eigenvalue weighted by atomic mass is 10.1. The number of benzene rings is 2. The molecule has 8 heteroatoms. The maximum Gasteiger partial charge on any atom is 0.330 e. The smallest absolute Gasteiger partial charge is 0.330 e. The summed E-state index contributed by atoms with van der Waals surface area (Å²) in [4.78, 5) is 28.9. The fourth-order valence-corrected chi connectivity index (χ4v) is 3.34. The minimum Gasteiger partial charge on any atom is -0.463 e. The number of aryl methyl sites for hydroxylation is 1. The standard InChI is InChI=1S/C20H15Cl2FN2O3/c1-3-28-18(26)8-7-12-9-13-17(10-16(12)23)24-11(2)25(20(13)27)19-14(21)5-4-6-15(19)22/h4-10H,3H2,1-2H3/b8-7+. The number of aromatic nitrogens is 2. The largest absolute Gasteiger partial charge is 0.463 e. The minimum absolute atomic E-state index is 0.0557. The molecule has 0 fully saturated rings. The van der Waals surface area contributed by atoms with E-state index in [-0.39, 0.29) is 33.1 Å². The van der Waals surface area contributed by atoms with Crippen LogP contribution in [-0.4, -0.2) is 22.1 Å². The molecule has 0 saturated carbocycles. The number of esters is 1. The van der Waals surface area contributed by atoms with E-state index in [4.69, 9.17) is 27.9 Å². The molecule has 3 aromatic rings. The van der Waals surface area contributed by atoms with Crippen LogP contribution in [0.3, 0.4) is 0 Å². The Morgan fingerprint density at radius 3 is 2.61 bits per heavy atom. The molecule has 0 radical (unpaired) electrons. The van der Waals surface area contributed by atoms with E-state index >= 15 is 0 Å². The average Bonchev–Trinajstić information content (AvgIpc) is 2.63. The summed E-state index contributed by atoms with van der Waals surface area (Å²) in [6.45, 7) is 3.47. The van der Waals surface area contributed by atoms with E-state index in [9.17, 15) is 14.0 Å². The van der Waals surface area contributed by atoms with Crippen LogP contribution < -0.4 is 5.56 Å². The SMILES string of the molecule is CCOC(=O)/C=C/c1cc2c(=O)n(-c3c(Cl)cccc3Cl)c(C)nc2cc1F. The molecule has 3 rings (SSSR count). The number of rotatable bonds is 4. The Morgan fingerprint density at radius 2 is 1.96 bits per heavy atom. The van der Waals surface area contributed by atoms with Crippen LogP contribution in [0.2, 0.25) is 10.0 Å². The number of fused-ring (bicyclic) bond motifs is 1. The maximum atomic E-state index is 14.4. The highest BCUT2D eigenvalue weighted by Gasteiger charge is 2.16. The molecule has 2 aromatic carbocycles. The van der Waals surface area contributed by atoms with Gasteiger partial charge in [-0.3, -0.25) is 9.36 Å². The normalized spacial score (nSPS) is 11.3. The molecule has 0 aliphatic rings. The van der Waals surface area contributed by atoms with E-state index in [0.717, 1.165) is 12.1 Å². The van der Waals surface area contributed by atoms with Crippen LogP contribution in [0.25, 0.3) is 22.7 Å². The van der Waals surface area contributed by atoms with Crippen LogP contribution >= 0.6 is 23.2 Å². The van der Waals surface area contributed by atoms with Gasteiger partial charge < -0.3 is 4.74 Å². The van der Waals surface area contributed by atoms with Gasteiger partial charge in [0, 0.05) is 17.7 Å². The molecule has 0 amide bonds. The zero-order chi connectivity index (χ0) is 20.4. The summed E-state index contributed by atoms with van der Waals surface area (Å²) >= 11 is 12.5. The molecular weight excluding hydrogens is 406 g/mol. The van der Waals surface area contributed by atoms with Crippen molar-refractivity contribution in [2.45, 2.75) is 13.8 Å². The molecule has 0 aliphatic heterocycles. The Kier molecular flexibility index (Phi) is 5.82. The molecule has 1 heterocycles. The Balaban J connectivity index is 2.23. The van der Waals surface area contributed by atoms with Crippen molar-refractivity contribution in [2.75, 3.05) is 6.61 Å². The van der Waals surface area contributed by atoms with Crippen molar-refractivity contribution in [2.24, 2.45) is 0 Å². The first-order valence-corrected chi connectivity index (χ1v) is 9.11. The van der Waals surface area contributed by atoms with Gasteiger partial charge >= 0.3 is 5.97 Å². The Hall–Kier alpha value is -2.70. The fourth-order valence-electron chi connectivity index (χ4n) is 2.78. The molecular formula is C20H15Cl2FN2O3. The molecule has 0 aliphatic carbocycles. The lowest BCUT2D eigenvalue weighted by Crippen LogP contribution is -2.23. The Morgan fingerprint density at radius 1 is 1.29 bits per heavy atom. The van der Waals surface area contributed by atoms with Gasteiger partial charge in [-0.05, 0) is 38.1 Å². The summed E-state index contributed by atoms with van der Waals surface area (Å²) in [5, 5.41) is 0.721. The monoisotopic (exact) mass is 420 g/mol. The van der Waals surface area contributed by atoms with E-state index in [1.807, 2.05) is 0 Å². The summed E-state index contributed by atoms with van der Waals surface area (Å²) in [6, 6.07) is 7.36. The highest BCUT2D eigenvalue weighted by atomic mass is 35.5. The van der Waals surface area contributed by atoms with Crippen LogP contribution in [0.5, 0.6) is 0 Å². The van der Waals surface area contributed by atoms with Gasteiger partial charge in [-0.2, -0.15) is 0 Å². The number of carbonyl (C=O) groups is 1. The maximum absolute atomic E-state index is 14.4. The zero-order valence-electron chi connectivity index (χ0n) is 15.0. The fraction of sp³-hybridized carbons (Fsp3) is 0.150. The third kappa shape index (κ3) is 3.79. The first-order valence-electron chi connectivity index (χ1n) is 8.35. The molecule has 0 saturated heterocycles. The van der Waals surface area contributed by atoms with E-state index in [2.05, 4.69) is 4.98 Å². The summed E-state index contributed by atoms with van der Waals surface area (Å²) in [7, 11) is 0. The lowest BCUT2D eigenvalue weighted by Gasteiger charge is -2.14. The van der Waals surface area contributed by atoms with E-state index < -0.39 is 17.3 Å². The summed E-state index contributed by atoms with van der Waals surface area (Å²) < 4.78 is 20.4. The lowest BCUT2D eigenvalue weighted by molar-refractivity contribution is -0.137. The predicted octanol–water partition coefficient (Wildman–Crippen LogP) is 4.72. The molecule has 0 atom stereocenters. The van der Waals surface area contributed by atoms with Gasteiger partial charge in [-0.25, -0.2) is 14.2 Å². The number of nitrogens with zero attached hydrogens (tertiary/aromatic N) is 2. The second-order valence-corrected chi connectivity index (χ2v) is 6.66. The molecule has 0 N–H and O–H groups in total. The van der Waals surface area contributed by atoms with Gasteiger partial charge in [-0.1, -0.05) is 29.3 Å². The van der Waals surface area contributed by atoms with Gasteiger partial charge in [-0.15, -0.1) is 0 Å². The molecule has 5 nitrogen and oxygen atoms in total. The third-order valence-electron chi connectivity index (χ3n) is 4.00. The predicted molar refractivity (Wildman–Crippen MR) is 108 cm³/mol. The van der Waals surface area contributed by atoms with Crippen LogP contribution in [0.1, 0.15) is 18.3 Å². The Bertz CT molecular complexity index is 1150. The van der Waals surface area contributed by atoms with E-state index in [1.54, 1.807) is 32.0 Å². The topological polar surface area (TPSA) is 61.2 Å². The number of carbonyl (C=O) groups excluding carboxylic acids is 1. The summed E-state index contributed by atoms with van der Waals surface area (Å²) in [5.41, 5.74) is 0.0896. The van der Waals surface area contributed by atoms with Gasteiger partial charge in [0.1, 0.15) is 11.6 Å². The molecule has 28 heavy (non-hydrogen) atoms. The number of halogens is 3. The highest BCUT2D eigenvalue weighted by molar-refractivity contribution is 6.37. The molecule has 0 bridgehead atoms. The van der Waals surface area contributed by atoms with Crippen molar-refractivity contribution >= 4 is 46.2 Å². The van der Waals surface area contributed by atoms with Gasteiger partial charge in [0.15, 0.2) is 0 Å². The first kappa shape index (κ1) is 20.0. The van der Waals surface area contributed by atoms with Crippen molar-refractivity contribution in [3.63, 3.8) is 0 Å². The number of ether oxygens (including phenoxy) is 1. The minimum atomic E-state index is -0.618. The van der Waals surface area contributed by atoms with Gasteiger partial charge in [0.25, 0.3) is 5.56 Å². The van der Waals surface area contributed by atoms with Crippen LogP contribution in [0.4, 0.5) is 4.39 Å². The van der Waals surface area contributed by atoms with Crippen molar-refractivity contribution in [1.82, 2.24) is 9.55 Å². The van der Waals surface area contributed by atoms with Crippen LogP contribution in [-0.2, 0) is 9.53 Å². The molecule has 1 aromatic heterocycles. The van der Waals surface area contributed by atoms with Crippen LogP contribution in [0.15, 0.2) is 41.2 Å². The van der Waals surface area contributed by atoms with Crippen molar-refractivity contribution in [1.29, 1.82) is 0 Å². The van der Waals surface area contributed by atoms with Gasteiger partial charge in [0.05, 0.1) is 33.2 Å². The van der Waals surface area contributed by atoms with Crippen molar-refractivity contribution < 1.29 is 13.9 Å². The second kappa shape index (κ2) is 8.12. The van der Waals surface area contributed by atoms with E-state index in [1.165, 1.54) is 16.7 Å². The number of hydrogen-bond acceptors (Lipinski definition) is 4. The Labute approximate surface area is 170 Å². The van der Waals surface area contributed by atoms with Crippen molar-refractivity contribution in [3.05, 3.63) is 74.0 Å². The third-order valence-corrected chi connectivity index (χ3v) is 4.61. The van der Waals surface area contributed by atoms with Crippen LogP contribution in [0, 0.1) is 12.7 Å². The van der Waals surface area contributed by atoms with Gasteiger partial charge in [0.2, 0.25) is 0 Å². The molecule has 144 valence electrons. The van der Waals surface area contributed by atoms with E-state index in [0.29, 0.717) is 11.5 Å². The summed E-state index contributed by atoms with van der Waals surface area (Å²) in [5.74, 6) is -0.918. The summed E-state index contributed by atoms with van der Waals surface area (Å²) in [6.07, 6.45) is 2.34. The number of hydrogen-bond donors (Lipinski definition) is 0. The second-order valence-electron chi connectivity index (χ2n) is 5.85. The molecule has 0 spiro atoms. The molecule has 0 unspecified atom stereocenters. The highest BCUT2D eigenvalue weighted by Crippen LogP contribution is 2.28.